The van der Waals surface area contributed by atoms with E-state index in [9.17, 15) is 0 Å². The van der Waals surface area contributed by atoms with Crippen LogP contribution in [-0.4, -0.2) is 12.1 Å². The third kappa shape index (κ3) is 2.23. The van der Waals surface area contributed by atoms with E-state index < -0.39 is 0 Å². The predicted molar refractivity (Wildman–Crippen MR) is 55.2 cm³/mol. The summed E-state index contributed by atoms with van der Waals surface area (Å²) >= 11 is 0. The van der Waals surface area contributed by atoms with Crippen LogP contribution in [0.15, 0.2) is 0 Å². The third-order valence-electron chi connectivity index (χ3n) is 3.82. The van der Waals surface area contributed by atoms with Crippen molar-refractivity contribution >= 4 is 0 Å². The monoisotopic (exact) mass is 182 g/mol. The molecule has 4 N–H and O–H groups in total. The highest BCUT2D eigenvalue weighted by molar-refractivity contribution is 4.96. The zero-order valence-electron chi connectivity index (χ0n) is 8.58. The van der Waals surface area contributed by atoms with Gasteiger partial charge in [0.2, 0.25) is 0 Å². The molecule has 4 unspecified atom stereocenters. The van der Waals surface area contributed by atoms with Gasteiger partial charge in [-0.3, -0.25) is 0 Å². The second-order valence-electron chi connectivity index (χ2n) is 4.97. The maximum absolute atomic E-state index is 6.13. The molecule has 2 aliphatic carbocycles. The molecular formula is C11H22N2. The Bertz CT molecular complexity index is 177. The predicted octanol–water partition coefficient (Wildman–Crippen LogP) is 1.49. The topological polar surface area (TPSA) is 52.0 Å². The van der Waals surface area contributed by atoms with Gasteiger partial charge in [-0.05, 0) is 43.4 Å². The molecule has 76 valence electrons. The first-order chi connectivity index (χ1) is 6.22. The molecule has 0 aliphatic heterocycles. The fourth-order valence-corrected chi connectivity index (χ4v) is 2.47. The minimum Gasteiger partial charge on any atom is -0.327 e. The highest BCUT2D eigenvalue weighted by Gasteiger charge is 2.41. The van der Waals surface area contributed by atoms with Crippen molar-refractivity contribution in [2.24, 2.45) is 29.2 Å². The summed E-state index contributed by atoms with van der Waals surface area (Å²) in [6.45, 7) is 2.26. The van der Waals surface area contributed by atoms with Crippen molar-refractivity contribution < 1.29 is 0 Å². The fraction of sp³-hybridized carbons (Fsp3) is 1.00. The highest BCUT2D eigenvalue weighted by Crippen LogP contribution is 2.44. The smallest absolute Gasteiger partial charge is 0.00847 e. The lowest BCUT2D eigenvalue weighted by molar-refractivity contribution is 0.435. The van der Waals surface area contributed by atoms with Gasteiger partial charge in [-0.1, -0.05) is 13.3 Å². The zero-order valence-corrected chi connectivity index (χ0v) is 8.58. The molecule has 0 aromatic heterocycles. The summed E-state index contributed by atoms with van der Waals surface area (Å²) in [5.74, 6) is 2.53. The van der Waals surface area contributed by atoms with Crippen LogP contribution in [0.4, 0.5) is 0 Å². The van der Waals surface area contributed by atoms with Gasteiger partial charge in [-0.25, -0.2) is 0 Å². The van der Waals surface area contributed by atoms with Gasteiger partial charge >= 0.3 is 0 Å². The van der Waals surface area contributed by atoms with Gasteiger partial charge in [0.15, 0.2) is 0 Å². The lowest BCUT2D eigenvalue weighted by Gasteiger charge is -2.16. The van der Waals surface area contributed by atoms with E-state index in [1.165, 1.54) is 25.7 Å². The molecule has 2 saturated carbocycles. The van der Waals surface area contributed by atoms with E-state index >= 15 is 0 Å². The molecule has 0 heterocycles. The maximum Gasteiger partial charge on any atom is 0.00847 e. The average Bonchev–Trinajstić information content (AvgIpc) is 2.98. The highest BCUT2D eigenvalue weighted by atomic mass is 14.8. The SMILES string of the molecule is CCC1CC1C(N)CC(N)C1CC1. The van der Waals surface area contributed by atoms with Gasteiger partial charge in [-0.15, -0.1) is 0 Å². The van der Waals surface area contributed by atoms with E-state index in [2.05, 4.69) is 6.92 Å². The number of hydrogen-bond donors (Lipinski definition) is 2. The van der Waals surface area contributed by atoms with E-state index in [-0.39, 0.29) is 0 Å². The van der Waals surface area contributed by atoms with Gasteiger partial charge in [0.25, 0.3) is 0 Å². The van der Waals surface area contributed by atoms with Crippen molar-refractivity contribution in [3.63, 3.8) is 0 Å². The van der Waals surface area contributed by atoms with E-state index in [0.717, 1.165) is 24.2 Å². The summed E-state index contributed by atoms with van der Waals surface area (Å²) in [7, 11) is 0. The van der Waals surface area contributed by atoms with Gasteiger partial charge in [0, 0.05) is 12.1 Å². The van der Waals surface area contributed by atoms with E-state index in [1.807, 2.05) is 0 Å². The second-order valence-corrected chi connectivity index (χ2v) is 4.97. The molecule has 0 spiro atoms. The van der Waals surface area contributed by atoms with Crippen LogP contribution in [0, 0.1) is 17.8 Å². The first kappa shape index (κ1) is 9.47. The van der Waals surface area contributed by atoms with Crippen molar-refractivity contribution in [1.82, 2.24) is 0 Å². The van der Waals surface area contributed by atoms with E-state index in [1.54, 1.807) is 0 Å². The van der Waals surface area contributed by atoms with E-state index in [4.69, 9.17) is 11.5 Å². The quantitative estimate of drug-likeness (QED) is 0.677. The Morgan fingerprint density at radius 1 is 1.23 bits per heavy atom. The Morgan fingerprint density at radius 2 is 1.92 bits per heavy atom. The zero-order chi connectivity index (χ0) is 9.42. The van der Waals surface area contributed by atoms with Gasteiger partial charge < -0.3 is 11.5 Å². The Labute approximate surface area is 81.1 Å². The number of hydrogen-bond acceptors (Lipinski definition) is 2. The molecule has 0 aromatic rings. The van der Waals surface area contributed by atoms with Crippen molar-refractivity contribution in [3.05, 3.63) is 0 Å². The maximum atomic E-state index is 6.13. The van der Waals surface area contributed by atoms with Crippen LogP contribution < -0.4 is 11.5 Å². The molecule has 2 aliphatic rings. The summed E-state index contributed by atoms with van der Waals surface area (Å²) in [5, 5.41) is 0. The summed E-state index contributed by atoms with van der Waals surface area (Å²) in [5.41, 5.74) is 12.2. The molecule has 2 heteroatoms. The minimum absolute atomic E-state index is 0.389. The Kier molecular flexibility index (Phi) is 2.61. The van der Waals surface area contributed by atoms with Crippen LogP contribution in [0.1, 0.15) is 39.0 Å². The van der Waals surface area contributed by atoms with Gasteiger partial charge in [-0.2, -0.15) is 0 Å². The van der Waals surface area contributed by atoms with Crippen molar-refractivity contribution in [2.45, 2.75) is 51.1 Å². The van der Waals surface area contributed by atoms with Crippen LogP contribution in [0.3, 0.4) is 0 Å². The molecular weight excluding hydrogens is 160 g/mol. The Hall–Kier alpha value is -0.0800. The normalized spacial score (nSPS) is 37.2. The number of nitrogens with two attached hydrogens (primary N) is 2. The molecule has 0 bridgehead atoms. The third-order valence-corrected chi connectivity index (χ3v) is 3.82. The van der Waals surface area contributed by atoms with Crippen LogP contribution in [0.2, 0.25) is 0 Å². The van der Waals surface area contributed by atoms with Crippen molar-refractivity contribution in [2.75, 3.05) is 0 Å². The first-order valence-corrected chi connectivity index (χ1v) is 5.73. The minimum atomic E-state index is 0.389. The van der Waals surface area contributed by atoms with Gasteiger partial charge in [0.05, 0.1) is 0 Å². The molecule has 4 atom stereocenters. The molecule has 0 saturated heterocycles. The number of rotatable bonds is 5. The lowest BCUT2D eigenvalue weighted by Crippen LogP contribution is -2.34. The molecule has 2 rings (SSSR count). The Balaban J connectivity index is 1.69. The molecule has 13 heavy (non-hydrogen) atoms. The summed E-state index contributed by atoms with van der Waals surface area (Å²) in [6.07, 6.45) is 6.41. The largest absolute Gasteiger partial charge is 0.327 e. The molecule has 0 amide bonds. The van der Waals surface area contributed by atoms with Gasteiger partial charge in [0.1, 0.15) is 0 Å². The molecule has 0 radical (unpaired) electrons. The van der Waals surface area contributed by atoms with Crippen molar-refractivity contribution in [3.8, 4) is 0 Å². The fourth-order valence-electron chi connectivity index (χ4n) is 2.47. The lowest BCUT2D eigenvalue weighted by atomic mass is 9.99. The first-order valence-electron chi connectivity index (χ1n) is 5.73. The molecule has 2 fully saturated rings. The summed E-state index contributed by atoms with van der Waals surface area (Å²) < 4.78 is 0. The van der Waals surface area contributed by atoms with Crippen LogP contribution in [0.5, 0.6) is 0 Å². The standard InChI is InChI=1S/C11H22N2/c1-2-7-5-9(7)11(13)6-10(12)8-3-4-8/h7-11H,2-6,12-13H2,1H3. The van der Waals surface area contributed by atoms with Crippen LogP contribution >= 0.6 is 0 Å². The second kappa shape index (κ2) is 3.58. The average molecular weight is 182 g/mol. The Morgan fingerprint density at radius 3 is 2.38 bits per heavy atom. The van der Waals surface area contributed by atoms with Crippen molar-refractivity contribution in [1.29, 1.82) is 0 Å². The molecule has 0 aromatic carbocycles. The molecule has 2 nitrogen and oxygen atoms in total. The summed E-state index contributed by atoms with van der Waals surface area (Å²) in [4.78, 5) is 0. The van der Waals surface area contributed by atoms with Crippen LogP contribution in [-0.2, 0) is 0 Å². The van der Waals surface area contributed by atoms with Crippen LogP contribution in [0.25, 0.3) is 0 Å². The van der Waals surface area contributed by atoms with E-state index in [0.29, 0.717) is 12.1 Å². The summed E-state index contributed by atoms with van der Waals surface area (Å²) in [6, 6.07) is 0.786.